The van der Waals surface area contributed by atoms with Crippen molar-refractivity contribution in [2.45, 2.75) is 38.8 Å². The Kier molecular flexibility index (Phi) is 8.74. The minimum Gasteiger partial charge on any atom is -0.491 e. The van der Waals surface area contributed by atoms with E-state index < -0.39 is 5.97 Å². The second-order valence-electron chi connectivity index (χ2n) is 9.78. The molecule has 1 aliphatic rings. The van der Waals surface area contributed by atoms with E-state index in [-0.39, 0.29) is 19.4 Å². The number of carbonyl (C=O) groups is 1. The van der Waals surface area contributed by atoms with Crippen LogP contribution in [-0.4, -0.2) is 45.8 Å². The molecule has 0 radical (unpaired) electrons. The quantitative estimate of drug-likeness (QED) is 0.175. The van der Waals surface area contributed by atoms with Crippen LogP contribution in [0.25, 0.3) is 28.1 Å². The largest absolute Gasteiger partial charge is 0.491 e. The van der Waals surface area contributed by atoms with E-state index in [0.29, 0.717) is 5.75 Å². The maximum absolute atomic E-state index is 11.0. The average Bonchev–Trinajstić information content (AvgIpc) is 3.42. The van der Waals surface area contributed by atoms with Gasteiger partial charge in [0.25, 0.3) is 0 Å². The Labute approximate surface area is 234 Å². The molecular formula is C33H34N2O5. The first-order valence-corrected chi connectivity index (χ1v) is 13.8. The fourth-order valence-corrected chi connectivity index (χ4v) is 5.24. The molecule has 1 aromatic heterocycles. The van der Waals surface area contributed by atoms with Crippen LogP contribution in [0.1, 0.15) is 61.1 Å². The van der Waals surface area contributed by atoms with Crippen LogP contribution < -0.4 is 4.74 Å². The number of benzene rings is 3. The summed E-state index contributed by atoms with van der Waals surface area (Å²) >= 11 is 0. The van der Waals surface area contributed by atoms with E-state index in [9.17, 15) is 4.79 Å². The number of allylic oxidation sites excluding steroid dienone is 1. The van der Waals surface area contributed by atoms with Gasteiger partial charge in [0, 0.05) is 18.1 Å². The highest BCUT2D eigenvalue weighted by Crippen LogP contribution is 2.37. The Morgan fingerprint density at radius 1 is 1.05 bits per heavy atom. The van der Waals surface area contributed by atoms with Gasteiger partial charge in [0.1, 0.15) is 12.4 Å². The van der Waals surface area contributed by atoms with Gasteiger partial charge in [-0.1, -0.05) is 49.4 Å². The minimum absolute atomic E-state index is 0.0312. The lowest BCUT2D eigenvalue weighted by molar-refractivity contribution is -0.131. The number of aromatic nitrogens is 2. The van der Waals surface area contributed by atoms with Crippen molar-refractivity contribution in [3.63, 3.8) is 0 Å². The molecule has 5 rings (SSSR count). The smallest absolute Gasteiger partial charge is 0.328 e. The molecule has 3 aromatic carbocycles. The molecule has 0 saturated carbocycles. The molecule has 4 aromatic rings. The SMILES string of the molecule is CC/C(=C(\c1ccc(C=CC(=O)O)cc1)c1ccc2c(cnn2C2CCCCO2)c1)c1ccc(OCCO)cc1. The zero-order valence-corrected chi connectivity index (χ0v) is 22.6. The van der Waals surface area contributed by atoms with Crippen LogP contribution >= 0.6 is 0 Å². The molecule has 206 valence electrons. The summed E-state index contributed by atoms with van der Waals surface area (Å²) < 4.78 is 13.6. The number of nitrogens with zero attached hydrogens (tertiary/aromatic N) is 2. The number of aliphatic hydroxyl groups is 1. The third kappa shape index (κ3) is 6.17. The number of rotatable bonds is 10. The number of aliphatic carboxylic acids is 1. The van der Waals surface area contributed by atoms with Crippen LogP contribution in [0.2, 0.25) is 0 Å². The molecule has 7 heteroatoms. The van der Waals surface area contributed by atoms with Gasteiger partial charge < -0.3 is 19.7 Å². The summed E-state index contributed by atoms with van der Waals surface area (Å²) in [6.45, 7) is 3.13. The van der Waals surface area contributed by atoms with Crippen LogP contribution in [0.3, 0.4) is 0 Å². The zero-order valence-electron chi connectivity index (χ0n) is 22.6. The van der Waals surface area contributed by atoms with Gasteiger partial charge >= 0.3 is 5.97 Å². The number of carboxylic acids is 1. The van der Waals surface area contributed by atoms with E-state index in [4.69, 9.17) is 19.7 Å². The molecule has 0 aliphatic carbocycles. The van der Waals surface area contributed by atoms with Crippen molar-refractivity contribution >= 4 is 34.1 Å². The number of carboxylic acid groups (broad SMARTS) is 1. The van der Waals surface area contributed by atoms with Crippen molar-refractivity contribution in [3.05, 3.63) is 101 Å². The van der Waals surface area contributed by atoms with Crippen molar-refractivity contribution in [3.8, 4) is 5.75 Å². The predicted molar refractivity (Wildman–Crippen MR) is 157 cm³/mol. The Morgan fingerprint density at radius 2 is 1.80 bits per heavy atom. The molecule has 7 nitrogen and oxygen atoms in total. The topological polar surface area (TPSA) is 93.8 Å². The molecule has 1 aliphatic heterocycles. The van der Waals surface area contributed by atoms with Crippen molar-refractivity contribution in [2.75, 3.05) is 19.8 Å². The van der Waals surface area contributed by atoms with Crippen molar-refractivity contribution < 1.29 is 24.5 Å². The third-order valence-electron chi connectivity index (χ3n) is 7.15. The van der Waals surface area contributed by atoms with Crippen LogP contribution in [0.4, 0.5) is 0 Å². The molecule has 2 heterocycles. The first kappa shape index (κ1) is 27.4. The Morgan fingerprint density at radius 3 is 2.48 bits per heavy atom. The fraction of sp³-hybridized carbons (Fsp3) is 0.273. The van der Waals surface area contributed by atoms with Crippen molar-refractivity contribution in [1.82, 2.24) is 9.78 Å². The minimum atomic E-state index is -0.975. The van der Waals surface area contributed by atoms with E-state index in [1.165, 1.54) is 5.57 Å². The summed E-state index contributed by atoms with van der Waals surface area (Å²) in [4.78, 5) is 11.0. The second kappa shape index (κ2) is 12.8. The number of hydrogen-bond donors (Lipinski definition) is 2. The van der Waals surface area contributed by atoms with Gasteiger partial charge in [-0.2, -0.15) is 5.10 Å². The number of aliphatic hydroxyl groups excluding tert-OH is 1. The van der Waals surface area contributed by atoms with E-state index in [0.717, 1.165) is 77.1 Å². The summed E-state index contributed by atoms with van der Waals surface area (Å²) in [6, 6.07) is 22.3. The maximum Gasteiger partial charge on any atom is 0.328 e. The molecule has 2 N–H and O–H groups in total. The lowest BCUT2D eigenvalue weighted by Crippen LogP contribution is -2.18. The van der Waals surface area contributed by atoms with Crippen LogP contribution in [0, 0.1) is 0 Å². The lowest BCUT2D eigenvalue weighted by Gasteiger charge is -2.23. The number of ether oxygens (including phenoxy) is 2. The first-order valence-electron chi connectivity index (χ1n) is 13.8. The molecule has 40 heavy (non-hydrogen) atoms. The molecule has 1 fully saturated rings. The molecule has 1 saturated heterocycles. The fourth-order valence-electron chi connectivity index (χ4n) is 5.24. The number of hydrogen-bond acceptors (Lipinski definition) is 5. The Hall–Kier alpha value is -4.20. The predicted octanol–water partition coefficient (Wildman–Crippen LogP) is 6.57. The maximum atomic E-state index is 11.0. The van der Waals surface area contributed by atoms with E-state index in [1.807, 2.05) is 59.4 Å². The molecular weight excluding hydrogens is 504 g/mol. The van der Waals surface area contributed by atoms with Crippen molar-refractivity contribution in [2.24, 2.45) is 0 Å². The molecule has 1 unspecified atom stereocenters. The van der Waals surface area contributed by atoms with E-state index >= 15 is 0 Å². The molecule has 0 spiro atoms. The highest BCUT2D eigenvalue weighted by molar-refractivity contribution is 6.00. The van der Waals surface area contributed by atoms with Gasteiger partial charge in [-0.05, 0) is 89.4 Å². The Balaban J connectivity index is 1.60. The summed E-state index contributed by atoms with van der Waals surface area (Å²) in [5, 5.41) is 23.8. The zero-order chi connectivity index (χ0) is 27.9. The van der Waals surface area contributed by atoms with Gasteiger partial charge in [0.05, 0.1) is 18.3 Å². The summed E-state index contributed by atoms with van der Waals surface area (Å²) in [7, 11) is 0. The second-order valence-corrected chi connectivity index (χ2v) is 9.78. The Bertz CT molecular complexity index is 1510. The monoisotopic (exact) mass is 538 g/mol. The molecule has 1 atom stereocenters. The summed E-state index contributed by atoms with van der Waals surface area (Å²) in [5.41, 5.74) is 7.32. The lowest BCUT2D eigenvalue weighted by atomic mass is 9.87. The highest BCUT2D eigenvalue weighted by Gasteiger charge is 2.20. The van der Waals surface area contributed by atoms with Gasteiger partial charge in [-0.25, -0.2) is 9.48 Å². The van der Waals surface area contributed by atoms with Crippen LogP contribution in [-0.2, 0) is 9.53 Å². The normalized spacial score (nSPS) is 16.3. The van der Waals surface area contributed by atoms with Crippen molar-refractivity contribution in [1.29, 1.82) is 0 Å². The average molecular weight is 539 g/mol. The van der Waals surface area contributed by atoms with E-state index in [2.05, 4.69) is 30.2 Å². The molecule has 0 bridgehead atoms. The van der Waals surface area contributed by atoms with E-state index in [1.54, 1.807) is 6.08 Å². The van der Waals surface area contributed by atoms with Gasteiger partial charge in [0.2, 0.25) is 0 Å². The standard InChI is InChI=1S/C33H34N2O5/c1-2-29(24-11-14-28(15-12-24)39-20-18-36)33(25-9-6-23(7-10-25)8-17-32(37)38)26-13-16-30-27(21-26)22-34-35(30)31-5-3-4-19-40-31/h6-17,21-22,31,36H,2-5,18-20H2,1H3,(H,37,38)/b17-8?,33-29-. The summed E-state index contributed by atoms with van der Waals surface area (Å²) in [6.07, 6.45) is 8.60. The van der Waals surface area contributed by atoms with Gasteiger partial charge in [-0.15, -0.1) is 0 Å². The summed E-state index contributed by atoms with van der Waals surface area (Å²) in [5.74, 6) is -0.264. The number of fused-ring (bicyclic) bond motifs is 1. The third-order valence-corrected chi connectivity index (χ3v) is 7.15. The first-order chi connectivity index (χ1) is 19.6. The van der Waals surface area contributed by atoms with Gasteiger partial charge in [-0.3, -0.25) is 0 Å². The van der Waals surface area contributed by atoms with Gasteiger partial charge in [0.15, 0.2) is 6.23 Å². The highest BCUT2D eigenvalue weighted by atomic mass is 16.5. The van der Waals surface area contributed by atoms with Crippen LogP contribution in [0.15, 0.2) is 79.0 Å². The molecule has 0 amide bonds. The van der Waals surface area contributed by atoms with Crippen LogP contribution in [0.5, 0.6) is 5.75 Å².